The Morgan fingerprint density at radius 2 is 1.30 bits per heavy atom. The quantitative estimate of drug-likeness (QED) is 0.600. The molecule has 0 aliphatic rings. The summed E-state index contributed by atoms with van der Waals surface area (Å²) in [5.41, 5.74) is 2.35. The van der Waals surface area contributed by atoms with Crippen LogP contribution >= 0.6 is 15.9 Å². The van der Waals surface area contributed by atoms with Gasteiger partial charge in [0, 0.05) is 0 Å². The molecule has 0 radical (unpaired) electrons. The molecule has 1 aromatic heterocycles. The molecule has 0 amide bonds. The Morgan fingerprint density at radius 3 is 1.90 bits per heavy atom. The summed E-state index contributed by atoms with van der Waals surface area (Å²) in [4.78, 5) is 11.9. The second kappa shape index (κ2) is 5.92. The molecule has 0 fully saturated rings. The van der Waals surface area contributed by atoms with Gasteiger partial charge >= 0.3 is 132 Å². The molecule has 0 atom stereocenters. The first kappa shape index (κ1) is 13.6. The van der Waals surface area contributed by atoms with Gasteiger partial charge in [0.05, 0.1) is 0 Å². The van der Waals surface area contributed by atoms with E-state index in [1.807, 2.05) is 30.3 Å². The van der Waals surface area contributed by atoms with Crippen molar-refractivity contribution in [1.29, 1.82) is 0 Å². The summed E-state index contributed by atoms with van der Waals surface area (Å²) in [6, 6.07) is 21.8. The maximum atomic E-state index is 11.9. The number of halogens is 1. The Labute approximate surface area is 131 Å². The van der Waals surface area contributed by atoms with Gasteiger partial charge in [0.2, 0.25) is 0 Å². The summed E-state index contributed by atoms with van der Waals surface area (Å²) in [5.74, 6) is 0. The van der Waals surface area contributed by atoms with Crippen molar-refractivity contribution in [2.24, 2.45) is 0 Å². The van der Waals surface area contributed by atoms with Gasteiger partial charge in [-0.2, -0.15) is 0 Å². The van der Waals surface area contributed by atoms with E-state index >= 15 is 0 Å². The molecule has 98 valence electrons. The summed E-state index contributed by atoms with van der Waals surface area (Å²) < 4.78 is 3.33. The van der Waals surface area contributed by atoms with Crippen LogP contribution in [0.4, 0.5) is 0 Å². The molecule has 3 heteroatoms. The third-order valence-corrected chi connectivity index (χ3v) is 5.89. The molecule has 0 saturated carbocycles. The molecule has 0 unspecified atom stereocenters. The van der Waals surface area contributed by atoms with Gasteiger partial charge in [-0.25, -0.2) is 0 Å². The predicted octanol–water partition coefficient (Wildman–Crippen LogP) is 4.20. The number of rotatable bonds is 2. The first-order chi connectivity index (χ1) is 9.72. The van der Waals surface area contributed by atoms with E-state index in [0.717, 1.165) is 24.5 Å². The fraction of sp³-hybridized carbons (Fsp3) is 0. The van der Waals surface area contributed by atoms with Crippen LogP contribution in [-0.2, 0) is 0 Å². The molecular weight excluding hydrogens is 379 g/mol. The van der Waals surface area contributed by atoms with E-state index in [9.17, 15) is 4.79 Å². The van der Waals surface area contributed by atoms with Crippen molar-refractivity contribution in [1.82, 2.24) is 0 Å². The van der Waals surface area contributed by atoms with Crippen molar-refractivity contribution < 1.29 is 0 Å². The second-order valence-corrected chi connectivity index (χ2v) is 7.58. The van der Waals surface area contributed by atoms with Crippen LogP contribution in [-0.4, -0.2) is 14.5 Å². The van der Waals surface area contributed by atoms with E-state index in [-0.39, 0.29) is 19.9 Å². The van der Waals surface area contributed by atoms with Crippen molar-refractivity contribution in [3.8, 4) is 20.0 Å². The standard InChI is InChI=1S/C17H11BrOSe/c18-14-8-6-13(7-9-14)17-11-15(19)10-16(20-17)12-4-2-1-3-5-12/h1-11H. The molecule has 0 spiro atoms. The zero-order chi connectivity index (χ0) is 13.9. The predicted molar refractivity (Wildman–Crippen MR) is 88.2 cm³/mol. The van der Waals surface area contributed by atoms with Gasteiger partial charge in [-0.3, -0.25) is 0 Å². The van der Waals surface area contributed by atoms with E-state index in [4.69, 9.17) is 0 Å². The summed E-state index contributed by atoms with van der Waals surface area (Å²) in [6.07, 6.45) is 0. The Morgan fingerprint density at radius 1 is 0.750 bits per heavy atom. The maximum absolute atomic E-state index is 11.9. The van der Waals surface area contributed by atoms with Gasteiger partial charge < -0.3 is 0 Å². The summed E-state index contributed by atoms with van der Waals surface area (Å²) in [6.45, 7) is 0. The second-order valence-electron chi connectivity index (χ2n) is 4.39. The molecule has 0 N–H and O–H groups in total. The van der Waals surface area contributed by atoms with Gasteiger partial charge in [0.1, 0.15) is 0 Å². The van der Waals surface area contributed by atoms with Crippen LogP contribution in [0.3, 0.4) is 0 Å². The monoisotopic (exact) mass is 390 g/mol. The average molecular weight is 390 g/mol. The Kier molecular flexibility index (Phi) is 4.02. The number of hydrogen-bond donors (Lipinski definition) is 0. The first-order valence-corrected chi connectivity index (χ1v) is 8.69. The van der Waals surface area contributed by atoms with Crippen LogP contribution in [0, 0.1) is 0 Å². The van der Waals surface area contributed by atoms with Crippen LogP contribution < -0.4 is 5.43 Å². The van der Waals surface area contributed by atoms with Crippen LogP contribution in [0.5, 0.6) is 0 Å². The van der Waals surface area contributed by atoms with Gasteiger partial charge in [-0.1, -0.05) is 0 Å². The zero-order valence-electron chi connectivity index (χ0n) is 10.5. The molecule has 1 heterocycles. The van der Waals surface area contributed by atoms with E-state index in [0.29, 0.717) is 0 Å². The third-order valence-electron chi connectivity index (χ3n) is 2.95. The van der Waals surface area contributed by atoms with Crippen molar-refractivity contribution in [2.45, 2.75) is 0 Å². The average Bonchev–Trinajstić information content (AvgIpc) is 2.48. The van der Waals surface area contributed by atoms with Crippen LogP contribution in [0.2, 0.25) is 0 Å². The normalized spacial score (nSPS) is 10.4. The molecule has 0 aliphatic carbocycles. The fourth-order valence-corrected chi connectivity index (χ4v) is 4.54. The first-order valence-electron chi connectivity index (χ1n) is 6.19. The van der Waals surface area contributed by atoms with Crippen molar-refractivity contribution in [3.05, 3.63) is 81.4 Å². The van der Waals surface area contributed by atoms with E-state index in [1.165, 1.54) is 0 Å². The molecule has 0 aliphatic heterocycles. The SMILES string of the molecule is O=c1cc(-c2ccccc2)[se]c(-c2ccc(Br)cc2)c1. The third kappa shape index (κ3) is 3.01. The Balaban J connectivity index is 2.12. The topological polar surface area (TPSA) is 17.1 Å². The molecule has 2 aromatic carbocycles. The van der Waals surface area contributed by atoms with Crippen molar-refractivity contribution >= 4 is 30.4 Å². The minimum absolute atomic E-state index is 0.0786. The number of benzene rings is 2. The van der Waals surface area contributed by atoms with Crippen LogP contribution in [0.25, 0.3) is 20.0 Å². The van der Waals surface area contributed by atoms with Gasteiger partial charge in [0.15, 0.2) is 0 Å². The molecular formula is C17H11BrOSe. The molecule has 0 saturated heterocycles. The summed E-state index contributed by atoms with van der Waals surface area (Å²) in [7, 11) is 0. The molecule has 3 rings (SSSR count). The minimum atomic E-state index is 0.0786. The molecule has 0 bridgehead atoms. The molecule has 20 heavy (non-hydrogen) atoms. The Bertz CT molecular complexity index is 776. The van der Waals surface area contributed by atoms with E-state index in [2.05, 4.69) is 40.2 Å². The molecule has 1 nitrogen and oxygen atoms in total. The zero-order valence-corrected chi connectivity index (χ0v) is 13.8. The Hall–Kier alpha value is -1.41. The summed E-state index contributed by atoms with van der Waals surface area (Å²) in [5, 5.41) is 0. The number of hydrogen-bond acceptors (Lipinski definition) is 1. The van der Waals surface area contributed by atoms with Crippen LogP contribution in [0.1, 0.15) is 0 Å². The van der Waals surface area contributed by atoms with Gasteiger partial charge in [-0.05, 0) is 0 Å². The van der Waals surface area contributed by atoms with Gasteiger partial charge in [-0.15, -0.1) is 0 Å². The van der Waals surface area contributed by atoms with Crippen molar-refractivity contribution in [3.63, 3.8) is 0 Å². The van der Waals surface area contributed by atoms with Crippen molar-refractivity contribution in [2.75, 3.05) is 0 Å². The summed E-state index contributed by atoms with van der Waals surface area (Å²) >= 11 is 3.59. The van der Waals surface area contributed by atoms with E-state index in [1.54, 1.807) is 12.1 Å². The van der Waals surface area contributed by atoms with Crippen LogP contribution in [0.15, 0.2) is 76.0 Å². The van der Waals surface area contributed by atoms with Gasteiger partial charge in [0.25, 0.3) is 0 Å². The fourth-order valence-electron chi connectivity index (χ4n) is 1.98. The molecule has 3 aromatic rings. The van der Waals surface area contributed by atoms with E-state index < -0.39 is 0 Å².